The molecular formula is C31H30FN3O4. The first kappa shape index (κ1) is 26.2. The summed E-state index contributed by atoms with van der Waals surface area (Å²) in [7, 11) is 0. The van der Waals surface area contributed by atoms with Crippen LogP contribution >= 0.6 is 0 Å². The molecule has 7 nitrogen and oxygen atoms in total. The lowest BCUT2D eigenvalue weighted by atomic mass is 10.0. The van der Waals surface area contributed by atoms with E-state index in [1.165, 1.54) is 24.3 Å². The van der Waals surface area contributed by atoms with Gasteiger partial charge in [0, 0.05) is 37.1 Å². The molecule has 1 aromatic heterocycles. The minimum absolute atomic E-state index is 0.00388. The Bertz CT molecular complexity index is 1570. The number of carbonyl (C=O) groups excluding carboxylic acids is 2. The highest BCUT2D eigenvalue weighted by Crippen LogP contribution is 2.32. The van der Waals surface area contributed by atoms with Crippen molar-refractivity contribution in [1.82, 2.24) is 9.47 Å². The zero-order valence-electron chi connectivity index (χ0n) is 22.0. The summed E-state index contributed by atoms with van der Waals surface area (Å²) < 4.78 is 20.3. The number of rotatable bonds is 6. The van der Waals surface area contributed by atoms with Crippen LogP contribution in [-0.2, 0) is 11.3 Å². The topological polar surface area (TPSA) is 71.8 Å². The number of halogens is 1. The third-order valence-electron chi connectivity index (χ3n) is 7.03. The van der Waals surface area contributed by atoms with Gasteiger partial charge in [-0.1, -0.05) is 42.0 Å². The Hall–Kier alpha value is -4.46. The van der Waals surface area contributed by atoms with E-state index in [2.05, 4.69) is 0 Å². The number of aromatic nitrogens is 1. The lowest BCUT2D eigenvalue weighted by Gasteiger charge is -2.37. The van der Waals surface area contributed by atoms with Gasteiger partial charge in [-0.15, -0.1) is 0 Å². The molecule has 0 spiro atoms. The quantitative estimate of drug-likeness (QED) is 0.342. The summed E-state index contributed by atoms with van der Waals surface area (Å²) in [5, 5.41) is 0.784. The van der Waals surface area contributed by atoms with Crippen LogP contribution in [0.4, 0.5) is 10.1 Å². The molecule has 0 atom stereocenters. The second-order valence-electron chi connectivity index (χ2n) is 9.63. The molecule has 0 saturated carbocycles. The Kier molecular flexibility index (Phi) is 7.45. The van der Waals surface area contributed by atoms with Gasteiger partial charge in [-0.25, -0.2) is 9.18 Å². The Morgan fingerprint density at radius 1 is 0.923 bits per heavy atom. The number of carbonyl (C=O) groups is 2. The van der Waals surface area contributed by atoms with Crippen molar-refractivity contribution < 1.29 is 18.7 Å². The molecule has 0 unspecified atom stereocenters. The maximum absolute atomic E-state index is 14.0. The summed E-state index contributed by atoms with van der Waals surface area (Å²) in [6.07, 6.45) is 0. The largest absolute Gasteiger partial charge is 0.462 e. The highest BCUT2D eigenvalue weighted by Gasteiger charge is 2.30. The Balaban J connectivity index is 1.57. The van der Waals surface area contributed by atoms with Gasteiger partial charge < -0.3 is 19.1 Å². The normalized spacial score (nSPS) is 13.5. The fourth-order valence-corrected chi connectivity index (χ4v) is 5.10. The van der Waals surface area contributed by atoms with E-state index in [1.54, 1.807) is 16.4 Å². The van der Waals surface area contributed by atoms with Crippen LogP contribution in [0.15, 0.2) is 77.6 Å². The first-order valence-electron chi connectivity index (χ1n) is 13.1. The highest BCUT2D eigenvalue weighted by molar-refractivity contribution is 6.06. The molecule has 8 heteroatoms. The van der Waals surface area contributed by atoms with E-state index in [-0.39, 0.29) is 18.1 Å². The second-order valence-corrected chi connectivity index (χ2v) is 9.63. The fraction of sp³-hybridized carbons (Fsp3) is 0.258. The number of nitrogens with zero attached hydrogens (tertiary/aromatic N) is 3. The first-order chi connectivity index (χ1) is 18.9. The summed E-state index contributed by atoms with van der Waals surface area (Å²) in [6.45, 7) is 5.76. The van der Waals surface area contributed by atoms with E-state index < -0.39 is 17.3 Å². The van der Waals surface area contributed by atoms with Crippen molar-refractivity contribution in [2.45, 2.75) is 20.4 Å². The summed E-state index contributed by atoms with van der Waals surface area (Å²) in [6, 6.07) is 21.0. The zero-order valence-corrected chi connectivity index (χ0v) is 22.0. The van der Waals surface area contributed by atoms with Crippen molar-refractivity contribution in [1.29, 1.82) is 0 Å². The summed E-state index contributed by atoms with van der Waals surface area (Å²) in [5.41, 5.74) is 3.21. The molecule has 1 aliphatic rings. The Morgan fingerprint density at radius 3 is 2.28 bits per heavy atom. The van der Waals surface area contributed by atoms with E-state index >= 15 is 0 Å². The number of pyridine rings is 1. The van der Waals surface area contributed by atoms with Crippen molar-refractivity contribution >= 4 is 28.5 Å². The highest BCUT2D eigenvalue weighted by atomic mass is 19.1. The molecule has 0 N–H and O–H groups in total. The van der Waals surface area contributed by atoms with Crippen molar-refractivity contribution in [3.05, 3.63) is 111 Å². The second kappa shape index (κ2) is 11.1. The van der Waals surface area contributed by atoms with Crippen LogP contribution in [0.2, 0.25) is 0 Å². The van der Waals surface area contributed by atoms with Gasteiger partial charge >= 0.3 is 5.97 Å². The molecule has 3 aromatic carbocycles. The van der Waals surface area contributed by atoms with Crippen LogP contribution in [0.3, 0.4) is 0 Å². The lowest BCUT2D eigenvalue weighted by molar-refractivity contribution is 0.0523. The number of benzene rings is 3. The first-order valence-corrected chi connectivity index (χ1v) is 13.1. The number of amides is 1. The number of hydrogen-bond acceptors (Lipinski definition) is 5. The van der Waals surface area contributed by atoms with Crippen molar-refractivity contribution in [3.63, 3.8) is 0 Å². The van der Waals surface area contributed by atoms with Gasteiger partial charge in [-0.05, 0) is 55.8 Å². The Labute approximate surface area is 226 Å². The predicted octanol–water partition coefficient (Wildman–Crippen LogP) is 4.64. The van der Waals surface area contributed by atoms with Crippen LogP contribution in [0.25, 0.3) is 10.9 Å². The lowest BCUT2D eigenvalue weighted by Crippen LogP contribution is -2.49. The van der Waals surface area contributed by atoms with E-state index in [1.807, 2.05) is 60.4 Å². The van der Waals surface area contributed by atoms with Crippen molar-refractivity contribution in [3.8, 4) is 0 Å². The van der Waals surface area contributed by atoms with Gasteiger partial charge in [-0.3, -0.25) is 9.59 Å². The van der Waals surface area contributed by atoms with Crippen LogP contribution < -0.4 is 10.5 Å². The maximum atomic E-state index is 14.0. The number of fused-ring (bicyclic) bond motifs is 1. The molecule has 39 heavy (non-hydrogen) atoms. The molecule has 1 saturated heterocycles. The van der Waals surface area contributed by atoms with Gasteiger partial charge in [-0.2, -0.15) is 0 Å². The standard InChI is InChI=1S/C31H30FN3O4/c1-3-39-31(38)27-28(33-15-17-34(18-16-33)29(36)23-10-12-24(32)13-11-23)25-19-21(2)9-14-26(25)35(30(27)37)20-22-7-5-4-6-8-22/h4-14,19H,3,15-18,20H2,1-2H3. The van der Waals surface area contributed by atoms with Gasteiger partial charge in [0.05, 0.1) is 24.4 Å². The fourth-order valence-electron chi connectivity index (χ4n) is 5.10. The van der Waals surface area contributed by atoms with Crippen LogP contribution in [0.5, 0.6) is 0 Å². The van der Waals surface area contributed by atoms with Gasteiger partial charge in [0.25, 0.3) is 11.5 Å². The number of hydrogen-bond donors (Lipinski definition) is 0. The minimum atomic E-state index is -0.660. The number of piperazine rings is 1. The Morgan fingerprint density at radius 2 is 1.62 bits per heavy atom. The van der Waals surface area contributed by atoms with Gasteiger partial charge in [0.15, 0.2) is 0 Å². The van der Waals surface area contributed by atoms with E-state index in [0.29, 0.717) is 44.0 Å². The molecular weight excluding hydrogens is 497 g/mol. The summed E-state index contributed by atoms with van der Waals surface area (Å²) in [4.78, 5) is 44.0. The molecule has 5 rings (SSSR count). The molecule has 0 bridgehead atoms. The molecule has 1 fully saturated rings. The molecule has 0 radical (unpaired) electrons. The smallest absolute Gasteiger partial charge is 0.345 e. The monoisotopic (exact) mass is 527 g/mol. The van der Waals surface area contributed by atoms with Crippen LogP contribution in [0, 0.1) is 12.7 Å². The van der Waals surface area contributed by atoms with Crippen LogP contribution in [0.1, 0.15) is 38.8 Å². The van der Waals surface area contributed by atoms with Gasteiger partial charge in [0.1, 0.15) is 11.4 Å². The number of ether oxygens (including phenoxy) is 1. The number of aryl methyl sites for hydroxylation is 1. The third kappa shape index (κ3) is 5.27. The average molecular weight is 528 g/mol. The molecule has 200 valence electrons. The van der Waals surface area contributed by atoms with E-state index in [4.69, 9.17) is 4.74 Å². The summed E-state index contributed by atoms with van der Waals surface area (Å²) in [5.74, 6) is -1.24. The molecule has 1 aliphatic heterocycles. The molecule has 0 aliphatic carbocycles. The predicted molar refractivity (Wildman–Crippen MR) is 149 cm³/mol. The zero-order chi connectivity index (χ0) is 27.5. The maximum Gasteiger partial charge on any atom is 0.345 e. The number of esters is 1. The SMILES string of the molecule is CCOC(=O)c1c(N2CCN(C(=O)c3ccc(F)cc3)CC2)c2cc(C)ccc2n(Cc2ccccc2)c1=O. The number of anilines is 1. The minimum Gasteiger partial charge on any atom is -0.462 e. The van der Waals surface area contributed by atoms with E-state index in [9.17, 15) is 18.8 Å². The molecule has 2 heterocycles. The van der Waals surface area contributed by atoms with Gasteiger partial charge in [0.2, 0.25) is 0 Å². The van der Waals surface area contributed by atoms with Crippen LogP contribution in [-0.4, -0.2) is 54.1 Å². The molecule has 4 aromatic rings. The molecule has 1 amide bonds. The third-order valence-corrected chi connectivity index (χ3v) is 7.03. The average Bonchev–Trinajstić information content (AvgIpc) is 2.95. The summed E-state index contributed by atoms with van der Waals surface area (Å²) >= 11 is 0. The van der Waals surface area contributed by atoms with Crippen molar-refractivity contribution in [2.75, 3.05) is 37.7 Å². The van der Waals surface area contributed by atoms with E-state index in [0.717, 1.165) is 22.0 Å². The van der Waals surface area contributed by atoms with Crippen molar-refractivity contribution in [2.24, 2.45) is 0 Å².